The molecule has 0 aromatic rings. The Morgan fingerprint density at radius 1 is 1.36 bits per heavy atom. The average Bonchev–Trinajstić information content (AvgIpc) is 2.38. The Labute approximate surface area is 134 Å². The number of nitrogens with two attached hydrogens (primary N) is 1. The Kier molecular flexibility index (Phi) is 4.69. The molecule has 1 atom stereocenters. The third kappa shape index (κ3) is 3.71. The lowest BCUT2D eigenvalue weighted by Crippen LogP contribution is -2.36. The summed E-state index contributed by atoms with van der Waals surface area (Å²) in [6, 6.07) is -0.596. The van der Waals surface area contributed by atoms with Gasteiger partial charge in [-0.2, -0.15) is 5.10 Å². The first-order valence-corrected chi connectivity index (χ1v) is 8.42. The van der Waals surface area contributed by atoms with Crippen LogP contribution in [0.25, 0.3) is 0 Å². The minimum absolute atomic E-state index is 0.275. The molecule has 0 saturated heterocycles. The van der Waals surface area contributed by atoms with Crippen LogP contribution >= 0.6 is 0 Å². The molecule has 0 fully saturated rings. The van der Waals surface area contributed by atoms with Crippen molar-refractivity contribution in [1.82, 2.24) is 5.43 Å². The third-order valence-corrected chi connectivity index (χ3v) is 5.65. The lowest BCUT2D eigenvalue weighted by atomic mass is 9.57. The molecule has 0 heterocycles. The number of nitrogens with one attached hydrogen (secondary N) is 1. The average molecular weight is 305 g/mol. The number of amides is 2. The number of hydrazone groups is 1. The van der Waals surface area contributed by atoms with Crippen molar-refractivity contribution in [2.24, 2.45) is 27.6 Å². The topological polar surface area (TPSA) is 67.5 Å². The van der Waals surface area contributed by atoms with E-state index < -0.39 is 6.03 Å². The fourth-order valence-electron chi connectivity index (χ4n) is 4.19. The van der Waals surface area contributed by atoms with Gasteiger partial charge in [-0.05, 0) is 62.2 Å². The van der Waals surface area contributed by atoms with E-state index in [-0.39, 0.29) is 5.41 Å². The number of hydrogen-bond donors (Lipinski definition) is 2. The summed E-state index contributed by atoms with van der Waals surface area (Å²) in [5.74, 6) is 0.582. The minimum Gasteiger partial charge on any atom is -0.350 e. The number of urea groups is 1. The molecule has 2 aliphatic carbocycles. The number of hydrogen-bond acceptors (Lipinski definition) is 2. The van der Waals surface area contributed by atoms with Gasteiger partial charge in [0.05, 0.1) is 0 Å². The normalized spacial score (nSPS) is 27.3. The zero-order valence-corrected chi connectivity index (χ0v) is 14.8. The Bertz CT molecular complexity index is 514. The van der Waals surface area contributed by atoms with E-state index in [0.717, 1.165) is 12.1 Å². The summed E-state index contributed by atoms with van der Waals surface area (Å²) in [7, 11) is 0. The van der Waals surface area contributed by atoms with Gasteiger partial charge in [-0.3, -0.25) is 0 Å². The quantitative estimate of drug-likeness (QED) is 0.454. The van der Waals surface area contributed by atoms with Crippen LogP contribution in [0.15, 0.2) is 16.2 Å². The highest BCUT2D eigenvalue weighted by molar-refractivity contribution is 5.84. The molecule has 0 radical (unpaired) electrons. The monoisotopic (exact) mass is 305 g/mol. The van der Waals surface area contributed by atoms with E-state index in [0.29, 0.717) is 11.3 Å². The molecular formula is C18H31N3O. The number of carbonyl (C=O) groups excluding carboxylic acids is 1. The Balaban J connectivity index is 2.16. The van der Waals surface area contributed by atoms with Crippen molar-refractivity contribution in [3.63, 3.8) is 0 Å². The summed E-state index contributed by atoms with van der Waals surface area (Å²) >= 11 is 0. The second-order valence-electron chi connectivity index (χ2n) is 8.41. The predicted octanol–water partition coefficient (Wildman–Crippen LogP) is 4.36. The molecule has 0 aliphatic heterocycles. The molecule has 0 bridgehead atoms. The summed E-state index contributed by atoms with van der Waals surface area (Å²) in [5.41, 5.74) is 12.4. The first-order valence-electron chi connectivity index (χ1n) is 8.42. The van der Waals surface area contributed by atoms with Crippen LogP contribution in [0.5, 0.6) is 0 Å². The van der Waals surface area contributed by atoms with Gasteiger partial charge >= 0.3 is 6.03 Å². The molecule has 0 aromatic carbocycles. The Hall–Kier alpha value is -1.32. The maximum Gasteiger partial charge on any atom is 0.332 e. The molecule has 3 N–H and O–H groups in total. The Morgan fingerprint density at radius 3 is 2.68 bits per heavy atom. The summed E-state index contributed by atoms with van der Waals surface area (Å²) in [4.78, 5) is 10.8. The fraction of sp³-hybridized carbons (Fsp3) is 0.778. The summed E-state index contributed by atoms with van der Waals surface area (Å²) in [6.45, 7) is 11.5. The van der Waals surface area contributed by atoms with Gasteiger partial charge in [0.1, 0.15) is 0 Å². The van der Waals surface area contributed by atoms with Crippen molar-refractivity contribution in [1.29, 1.82) is 0 Å². The maximum absolute atomic E-state index is 10.8. The molecule has 0 spiro atoms. The van der Waals surface area contributed by atoms with Gasteiger partial charge < -0.3 is 5.73 Å². The number of nitrogens with zero attached hydrogens (tertiary/aromatic N) is 1. The smallest absolute Gasteiger partial charge is 0.332 e. The van der Waals surface area contributed by atoms with Crippen molar-refractivity contribution in [2.75, 3.05) is 0 Å². The van der Waals surface area contributed by atoms with E-state index >= 15 is 0 Å². The van der Waals surface area contributed by atoms with Crippen LogP contribution in [0.1, 0.15) is 73.1 Å². The molecule has 0 saturated carbocycles. The maximum atomic E-state index is 10.8. The summed E-state index contributed by atoms with van der Waals surface area (Å²) < 4.78 is 0. The number of allylic oxidation sites excluding steroid dienone is 2. The van der Waals surface area contributed by atoms with Gasteiger partial charge in [0.25, 0.3) is 0 Å². The van der Waals surface area contributed by atoms with Crippen molar-refractivity contribution in [3.05, 3.63) is 11.1 Å². The molecule has 124 valence electrons. The first-order chi connectivity index (χ1) is 10.1. The van der Waals surface area contributed by atoms with Crippen molar-refractivity contribution < 1.29 is 4.79 Å². The molecule has 22 heavy (non-hydrogen) atoms. The molecule has 2 rings (SSSR count). The molecule has 2 aliphatic rings. The first kappa shape index (κ1) is 17.0. The lowest BCUT2D eigenvalue weighted by Gasteiger charge is -2.47. The largest absolute Gasteiger partial charge is 0.350 e. The van der Waals surface area contributed by atoms with E-state index in [1.54, 1.807) is 11.1 Å². The van der Waals surface area contributed by atoms with Crippen LogP contribution in [0, 0.1) is 16.7 Å². The van der Waals surface area contributed by atoms with Crippen molar-refractivity contribution >= 4 is 11.7 Å². The fourth-order valence-corrected chi connectivity index (χ4v) is 4.19. The number of rotatable bonds is 3. The molecular weight excluding hydrogens is 274 g/mol. The van der Waals surface area contributed by atoms with E-state index in [1.165, 1.54) is 32.1 Å². The van der Waals surface area contributed by atoms with E-state index in [2.05, 4.69) is 38.2 Å². The highest BCUT2D eigenvalue weighted by Gasteiger charge is 2.41. The van der Waals surface area contributed by atoms with Gasteiger partial charge in [0.15, 0.2) is 0 Å². The third-order valence-electron chi connectivity index (χ3n) is 5.65. The molecule has 0 unspecified atom stereocenters. The second kappa shape index (κ2) is 6.05. The van der Waals surface area contributed by atoms with E-state index in [1.807, 2.05) is 6.92 Å². The van der Waals surface area contributed by atoms with Crippen molar-refractivity contribution in [2.45, 2.75) is 73.1 Å². The van der Waals surface area contributed by atoms with Crippen LogP contribution in [-0.4, -0.2) is 11.7 Å². The van der Waals surface area contributed by atoms with Crippen molar-refractivity contribution in [3.8, 4) is 0 Å². The van der Waals surface area contributed by atoms with E-state index in [4.69, 9.17) is 5.73 Å². The second-order valence-corrected chi connectivity index (χ2v) is 8.41. The van der Waals surface area contributed by atoms with Crippen LogP contribution < -0.4 is 11.2 Å². The summed E-state index contributed by atoms with van der Waals surface area (Å²) in [6.07, 6.45) is 7.18. The molecule has 2 amide bonds. The summed E-state index contributed by atoms with van der Waals surface area (Å²) in [5, 5.41) is 4.09. The van der Waals surface area contributed by atoms with E-state index in [9.17, 15) is 4.79 Å². The van der Waals surface area contributed by atoms with Crippen LogP contribution in [0.3, 0.4) is 0 Å². The van der Waals surface area contributed by atoms with Crippen LogP contribution in [-0.2, 0) is 0 Å². The van der Waals surface area contributed by atoms with Gasteiger partial charge in [0, 0.05) is 5.71 Å². The minimum atomic E-state index is -0.596. The highest BCUT2D eigenvalue weighted by Crippen LogP contribution is 2.54. The van der Waals surface area contributed by atoms with Gasteiger partial charge in [-0.15, -0.1) is 0 Å². The SMILES string of the molecule is C/C(C[C@@H]1CC2=C(CC1(C)C)C(C)(C)CCC2)=N/NC(N)=O. The van der Waals surface area contributed by atoms with Crippen LogP contribution in [0.4, 0.5) is 4.79 Å². The van der Waals surface area contributed by atoms with Gasteiger partial charge in [-0.1, -0.05) is 38.8 Å². The zero-order valence-electron chi connectivity index (χ0n) is 14.8. The number of primary amides is 1. The van der Waals surface area contributed by atoms with Gasteiger partial charge in [-0.25, -0.2) is 10.2 Å². The molecule has 4 nitrogen and oxygen atoms in total. The Morgan fingerprint density at radius 2 is 2.05 bits per heavy atom. The molecule has 0 aromatic heterocycles. The van der Waals surface area contributed by atoms with Crippen LogP contribution in [0.2, 0.25) is 0 Å². The zero-order chi connectivity index (χ0) is 16.5. The highest BCUT2D eigenvalue weighted by atomic mass is 16.2. The standard InChI is InChI=1S/C18H31N3O/c1-12(20-21-16(19)22)9-14-10-13-7-6-8-17(2,3)15(13)11-18(14,4)5/h14H,6-11H2,1-5H3,(H3,19,21,22)/b20-12-/t14-/m1/s1. The predicted molar refractivity (Wildman–Crippen MR) is 91.6 cm³/mol. The molecule has 4 heteroatoms. The van der Waals surface area contributed by atoms with Gasteiger partial charge in [0.2, 0.25) is 0 Å². The lowest BCUT2D eigenvalue weighted by molar-refractivity contribution is 0.166. The number of carbonyl (C=O) groups is 1.